The number of hydrogen-bond donors (Lipinski definition) is 3. The smallest absolute Gasteiger partial charge is 0.273 e. The molecule has 0 aliphatic carbocycles. The Morgan fingerprint density at radius 3 is 2.54 bits per heavy atom. The molecule has 0 fully saturated rings. The van der Waals surface area contributed by atoms with Gasteiger partial charge in [-0.25, -0.2) is 0 Å². The molecule has 6 nitrogen and oxygen atoms in total. The zero-order chi connectivity index (χ0) is 19.1. The van der Waals surface area contributed by atoms with Gasteiger partial charge in [-0.3, -0.25) is 10.2 Å². The summed E-state index contributed by atoms with van der Waals surface area (Å²) in [5.74, 6) is -1.37. The van der Waals surface area contributed by atoms with E-state index in [-0.39, 0.29) is 10.8 Å². The van der Waals surface area contributed by atoms with Crippen LogP contribution in [-0.2, 0) is 4.79 Å². The SMILES string of the molecule is Cc1ccc(C)c(NC(=O)/C(=N/NC(N)=S)[C@@H](C#N)c2ccccc2)c1. The maximum atomic E-state index is 12.8. The average molecular weight is 365 g/mol. The Balaban J connectivity index is 2.39. The van der Waals surface area contributed by atoms with Gasteiger partial charge in [0, 0.05) is 5.69 Å². The van der Waals surface area contributed by atoms with Crippen molar-refractivity contribution in [1.29, 1.82) is 5.26 Å². The maximum Gasteiger partial charge on any atom is 0.273 e. The molecule has 0 saturated heterocycles. The first kappa shape index (κ1) is 19.1. The lowest BCUT2D eigenvalue weighted by molar-refractivity contribution is -0.110. The van der Waals surface area contributed by atoms with Gasteiger partial charge in [-0.15, -0.1) is 0 Å². The van der Waals surface area contributed by atoms with E-state index >= 15 is 0 Å². The molecule has 1 atom stereocenters. The number of hydrazone groups is 1. The minimum atomic E-state index is -0.872. The van der Waals surface area contributed by atoms with Crippen LogP contribution in [0.1, 0.15) is 22.6 Å². The van der Waals surface area contributed by atoms with E-state index in [4.69, 9.17) is 18.0 Å². The molecule has 4 N–H and O–H groups in total. The molecule has 0 aliphatic rings. The fraction of sp³-hybridized carbons (Fsp3) is 0.158. The number of hydrogen-bond acceptors (Lipinski definition) is 4. The number of aryl methyl sites for hydroxylation is 2. The number of benzene rings is 2. The summed E-state index contributed by atoms with van der Waals surface area (Å²) in [4.78, 5) is 12.8. The fourth-order valence-corrected chi connectivity index (χ4v) is 2.40. The molecule has 0 saturated carbocycles. The summed E-state index contributed by atoms with van der Waals surface area (Å²) in [7, 11) is 0. The van der Waals surface area contributed by atoms with Crippen molar-refractivity contribution in [2.24, 2.45) is 10.8 Å². The van der Waals surface area contributed by atoms with Crippen molar-refractivity contribution < 1.29 is 4.79 Å². The minimum Gasteiger partial charge on any atom is -0.375 e. The monoisotopic (exact) mass is 365 g/mol. The van der Waals surface area contributed by atoms with Gasteiger partial charge in [0.05, 0.1) is 6.07 Å². The Kier molecular flexibility index (Phi) is 6.42. The van der Waals surface area contributed by atoms with Gasteiger partial charge >= 0.3 is 0 Å². The normalized spacial score (nSPS) is 12.0. The number of thiocarbonyl (C=S) groups is 1. The Labute approximate surface area is 157 Å². The first-order chi connectivity index (χ1) is 12.4. The van der Waals surface area contributed by atoms with Crippen LogP contribution in [0.4, 0.5) is 5.69 Å². The van der Waals surface area contributed by atoms with Crippen LogP contribution < -0.4 is 16.5 Å². The molecule has 0 heterocycles. The Hall–Kier alpha value is -3.24. The average Bonchev–Trinajstić information content (AvgIpc) is 2.62. The topological polar surface area (TPSA) is 103 Å². The van der Waals surface area contributed by atoms with E-state index < -0.39 is 11.8 Å². The second-order valence-electron chi connectivity index (χ2n) is 5.72. The molecule has 26 heavy (non-hydrogen) atoms. The number of nitrogens with one attached hydrogen (secondary N) is 2. The van der Waals surface area contributed by atoms with E-state index in [9.17, 15) is 10.1 Å². The standard InChI is InChI=1S/C19H19N5OS/c1-12-8-9-13(2)16(10-12)22-18(25)17(23-24-19(21)26)15(11-20)14-6-4-3-5-7-14/h3-10,15H,1-2H3,(H,22,25)(H3,21,24,26)/b23-17+/t15-/m0/s1. The summed E-state index contributed by atoms with van der Waals surface area (Å²) in [6.07, 6.45) is 0. The quantitative estimate of drug-likeness (QED) is 0.429. The second-order valence-corrected chi connectivity index (χ2v) is 6.16. The molecule has 0 unspecified atom stereocenters. The molecule has 132 valence electrons. The number of carbonyl (C=O) groups is 1. The molecule has 0 radical (unpaired) electrons. The van der Waals surface area contributed by atoms with Crippen molar-refractivity contribution in [2.75, 3.05) is 5.32 Å². The summed E-state index contributed by atoms with van der Waals surface area (Å²) < 4.78 is 0. The molecule has 1 amide bonds. The Morgan fingerprint density at radius 2 is 1.92 bits per heavy atom. The van der Waals surface area contributed by atoms with E-state index in [0.29, 0.717) is 11.3 Å². The number of nitriles is 1. The van der Waals surface area contributed by atoms with Crippen molar-refractivity contribution in [2.45, 2.75) is 19.8 Å². The molecular weight excluding hydrogens is 346 g/mol. The third-order valence-corrected chi connectivity index (χ3v) is 3.79. The van der Waals surface area contributed by atoms with Crippen LogP contribution in [0.5, 0.6) is 0 Å². The lowest BCUT2D eigenvalue weighted by atomic mass is 9.95. The van der Waals surface area contributed by atoms with Gasteiger partial charge in [-0.1, -0.05) is 42.5 Å². The second kappa shape index (κ2) is 8.74. The highest BCUT2D eigenvalue weighted by molar-refractivity contribution is 7.80. The highest BCUT2D eigenvalue weighted by Crippen LogP contribution is 2.20. The predicted molar refractivity (Wildman–Crippen MR) is 107 cm³/mol. The summed E-state index contributed by atoms with van der Waals surface area (Å²) in [5.41, 5.74) is 11.0. The van der Waals surface area contributed by atoms with Gasteiger partial charge in [0.25, 0.3) is 5.91 Å². The molecular formula is C19H19N5OS. The zero-order valence-electron chi connectivity index (χ0n) is 14.5. The van der Waals surface area contributed by atoms with Crippen LogP contribution in [0, 0.1) is 25.2 Å². The van der Waals surface area contributed by atoms with Crippen molar-refractivity contribution in [3.8, 4) is 6.07 Å². The molecule has 0 spiro atoms. The largest absolute Gasteiger partial charge is 0.375 e. The number of nitrogens with two attached hydrogens (primary N) is 1. The van der Waals surface area contributed by atoms with Crippen LogP contribution >= 0.6 is 12.2 Å². The molecule has 2 aromatic rings. The highest BCUT2D eigenvalue weighted by Gasteiger charge is 2.25. The number of rotatable bonds is 5. The van der Waals surface area contributed by atoms with Crippen molar-refractivity contribution in [3.05, 3.63) is 65.2 Å². The Bertz CT molecular complexity index is 887. The molecule has 0 aromatic heterocycles. The van der Waals surface area contributed by atoms with Crippen molar-refractivity contribution in [3.63, 3.8) is 0 Å². The van der Waals surface area contributed by atoms with Crippen LogP contribution in [-0.4, -0.2) is 16.7 Å². The molecule has 0 aliphatic heterocycles. The third-order valence-electron chi connectivity index (χ3n) is 3.70. The van der Waals surface area contributed by atoms with Crippen LogP contribution in [0.15, 0.2) is 53.6 Å². The van der Waals surface area contributed by atoms with E-state index in [1.807, 2.05) is 38.1 Å². The van der Waals surface area contributed by atoms with Gasteiger partial charge in [-0.2, -0.15) is 10.4 Å². The number of carbonyl (C=O) groups excluding carboxylic acids is 1. The van der Waals surface area contributed by atoms with Gasteiger partial charge in [0.1, 0.15) is 11.6 Å². The van der Waals surface area contributed by atoms with E-state index in [2.05, 4.69) is 21.9 Å². The minimum absolute atomic E-state index is 0.0209. The summed E-state index contributed by atoms with van der Waals surface area (Å²) in [5, 5.41) is 16.3. The van der Waals surface area contributed by atoms with Gasteiger partial charge in [0.15, 0.2) is 5.11 Å². The fourth-order valence-electron chi connectivity index (χ4n) is 2.36. The summed E-state index contributed by atoms with van der Waals surface area (Å²) in [6.45, 7) is 3.82. The molecule has 2 rings (SSSR count). The van der Waals surface area contributed by atoms with Crippen molar-refractivity contribution >= 4 is 34.6 Å². The maximum absolute atomic E-state index is 12.8. The van der Waals surface area contributed by atoms with E-state index in [1.165, 1.54) is 0 Å². The first-order valence-electron chi connectivity index (χ1n) is 7.88. The van der Waals surface area contributed by atoms with Crippen LogP contribution in [0.2, 0.25) is 0 Å². The van der Waals surface area contributed by atoms with Crippen LogP contribution in [0.25, 0.3) is 0 Å². The van der Waals surface area contributed by atoms with Gasteiger partial charge in [-0.05, 0) is 48.8 Å². The number of amides is 1. The molecule has 7 heteroatoms. The van der Waals surface area contributed by atoms with Gasteiger partial charge < -0.3 is 11.1 Å². The summed E-state index contributed by atoms with van der Waals surface area (Å²) in [6, 6.07) is 16.8. The van der Waals surface area contributed by atoms with E-state index in [1.54, 1.807) is 24.3 Å². The first-order valence-corrected chi connectivity index (χ1v) is 8.29. The molecule has 2 aromatic carbocycles. The molecule has 0 bridgehead atoms. The summed E-state index contributed by atoms with van der Waals surface area (Å²) >= 11 is 4.75. The Morgan fingerprint density at radius 1 is 1.23 bits per heavy atom. The highest BCUT2D eigenvalue weighted by atomic mass is 32.1. The lowest BCUT2D eigenvalue weighted by Gasteiger charge is -2.15. The lowest BCUT2D eigenvalue weighted by Crippen LogP contribution is -2.33. The zero-order valence-corrected chi connectivity index (χ0v) is 15.3. The van der Waals surface area contributed by atoms with Gasteiger partial charge in [0.2, 0.25) is 0 Å². The predicted octanol–water partition coefficient (Wildman–Crippen LogP) is 2.74. The van der Waals surface area contributed by atoms with Crippen LogP contribution in [0.3, 0.4) is 0 Å². The number of nitrogens with zero attached hydrogens (tertiary/aromatic N) is 2. The number of anilines is 1. The van der Waals surface area contributed by atoms with Crippen molar-refractivity contribution in [1.82, 2.24) is 5.43 Å². The van der Waals surface area contributed by atoms with E-state index in [0.717, 1.165) is 11.1 Å². The third kappa shape index (κ3) is 4.88.